The summed E-state index contributed by atoms with van der Waals surface area (Å²) in [7, 11) is 0. The lowest BCUT2D eigenvalue weighted by Gasteiger charge is -2.10. The molecule has 2 nitrogen and oxygen atoms in total. The highest BCUT2D eigenvalue weighted by Crippen LogP contribution is 2.27. The molecule has 2 aromatic carbocycles. The first kappa shape index (κ1) is 14.2. The van der Waals surface area contributed by atoms with E-state index in [1.54, 1.807) is 17.8 Å². The Hall–Kier alpha value is -1.26. The molecule has 4 heteroatoms. The molecule has 1 N–H and O–H groups in total. The molecular weight excluding hydrogens is 322 g/mol. The van der Waals surface area contributed by atoms with Crippen LogP contribution in [0.15, 0.2) is 57.9 Å². The van der Waals surface area contributed by atoms with E-state index in [0.717, 1.165) is 20.8 Å². The van der Waals surface area contributed by atoms with E-state index in [1.165, 1.54) is 0 Å². The molecule has 0 unspecified atom stereocenters. The van der Waals surface area contributed by atoms with Crippen LogP contribution in [0.25, 0.3) is 0 Å². The highest BCUT2D eigenvalue weighted by atomic mass is 79.9. The van der Waals surface area contributed by atoms with E-state index in [2.05, 4.69) is 28.2 Å². The molecule has 1 amide bonds. The molecule has 0 radical (unpaired) electrons. The van der Waals surface area contributed by atoms with Crippen molar-refractivity contribution < 1.29 is 4.79 Å². The van der Waals surface area contributed by atoms with E-state index in [9.17, 15) is 4.79 Å². The maximum Gasteiger partial charge on any atom is 0.256 e. The minimum atomic E-state index is -0.100. The number of benzene rings is 2. The number of thioether (sulfide) groups is 1. The van der Waals surface area contributed by atoms with Gasteiger partial charge in [-0.1, -0.05) is 31.2 Å². The Kier molecular flexibility index (Phi) is 5.05. The van der Waals surface area contributed by atoms with Gasteiger partial charge in [-0.15, -0.1) is 11.8 Å². The summed E-state index contributed by atoms with van der Waals surface area (Å²) in [6, 6.07) is 15.3. The number of amides is 1. The molecule has 0 bridgehead atoms. The quantitative estimate of drug-likeness (QED) is 0.812. The van der Waals surface area contributed by atoms with Crippen LogP contribution in [0.5, 0.6) is 0 Å². The van der Waals surface area contributed by atoms with Crippen molar-refractivity contribution in [2.45, 2.75) is 11.8 Å². The van der Waals surface area contributed by atoms with Crippen molar-refractivity contribution >= 4 is 39.3 Å². The highest BCUT2D eigenvalue weighted by Gasteiger charge is 2.11. The largest absolute Gasteiger partial charge is 0.321 e. The van der Waals surface area contributed by atoms with Crippen molar-refractivity contribution in [1.29, 1.82) is 0 Å². The highest BCUT2D eigenvalue weighted by molar-refractivity contribution is 9.10. The molecule has 0 aliphatic heterocycles. The Balaban J connectivity index is 2.22. The molecule has 0 aliphatic carbocycles. The van der Waals surface area contributed by atoms with Crippen molar-refractivity contribution in [2.24, 2.45) is 0 Å². The number of hydrogen-bond acceptors (Lipinski definition) is 2. The van der Waals surface area contributed by atoms with Gasteiger partial charge in [0.05, 0.1) is 11.3 Å². The predicted octanol–water partition coefficient (Wildman–Crippen LogP) is 4.81. The number of halogens is 1. The number of carbonyl (C=O) groups excluding carboxylic acids is 1. The summed E-state index contributed by atoms with van der Waals surface area (Å²) in [6.45, 7) is 2.09. The zero-order valence-electron chi connectivity index (χ0n) is 10.5. The fourth-order valence-corrected chi connectivity index (χ4v) is 2.91. The fraction of sp³-hybridized carbons (Fsp3) is 0.133. The molecule has 0 saturated heterocycles. The standard InChI is InChI=1S/C15H14BrNOS/c1-2-19-14-10-6-5-9-13(14)17-15(18)11-7-3-4-8-12(11)16/h3-10H,2H2,1H3,(H,17,18). The number of carbonyl (C=O) groups is 1. The van der Waals surface area contributed by atoms with Crippen LogP contribution in [-0.4, -0.2) is 11.7 Å². The second-order valence-corrected chi connectivity index (χ2v) is 6.02. The molecule has 0 heterocycles. The Morgan fingerprint density at radius 3 is 2.58 bits per heavy atom. The molecule has 98 valence electrons. The number of para-hydroxylation sites is 1. The first-order valence-electron chi connectivity index (χ1n) is 6.00. The molecular formula is C15H14BrNOS. The van der Waals surface area contributed by atoms with Gasteiger partial charge in [0.1, 0.15) is 0 Å². The van der Waals surface area contributed by atoms with Gasteiger partial charge in [-0.25, -0.2) is 0 Å². The molecule has 19 heavy (non-hydrogen) atoms. The summed E-state index contributed by atoms with van der Waals surface area (Å²) in [4.78, 5) is 13.3. The third kappa shape index (κ3) is 3.61. The maximum absolute atomic E-state index is 12.2. The third-order valence-corrected chi connectivity index (χ3v) is 4.20. The zero-order valence-corrected chi connectivity index (χ0v) is 12.9. The van der Waals surface area contributed by atoms with Crippen LogP contribution in [-0.2, 0) is 0 Å². The molecule has 2 rings (SSSR count). The van der Waals surface area contributed by atoms with Gasteiger partial charge >= 0.3 is 0 Å². The van der Waals surface area contributed by atoms with Gasteiger partial charge in [0, 0.05) is 9.37 Å². The molecule has 0 atom stereocenters. The minimum Gasteiger partial charge on any atom is -0.321 e. The second kappa shape index (κ2) is 6.78. The van der Waals surface area contributed by atoms with Crippen molar-refractivity contribution in [1.82, 2.24) is 0 Å². The average molecular weight is 336 g/mol. The van der Waals surface area contributed by atoms with Gasteiger partial charge in [0.25, 0.3) is 5.91 Å². The lowest BCUT2D eigenvalue weighted by molar-refractivity contribution is 0.102. The van der Waals surface area contributed by atoms with E-state index < -0.39 is 0 Å². The van der Waals surface area contributed by atoms with E-state index >= 15 is 0 Å². The molecule has 0 aromatic heterocycles. The predicted molar refractivity (Wildman–Crippen MR) is 84.9 cm³/mol. The van der Waals surface area contributed by atoms with Gasteiger partial charge in [-0.2, -0.15) is 0 Å². The summed E-state index contributed by atoms with van der Waals surface area (Å²) in [5, 5.41) is 2.96. The van der Waals surface area contributed by atoms with Gasteiger partial charge in [-0.3, -0.25) is 4.79 Å². The van der Waals surface area contributed by atoms with E-state index in [1.807, 2.05) is 42.5 Å². The van der Waals surface area contributed by atoms with Gasteiger partial charge in [0.15, 0.2) is 0 Å². The van der Waals surface area contributed by atoms with Crippen LogP contribution in [0.1, 0.15) is 17.3 Å². The molecule has 0 saturated carbocycles. The number of rotatable bonds is 4. The van der Waals surface area contributed by atoms with Crippen LogP contribution < -0.4 is 5.32 Å². The van der Waals surface area contributed by atoms with E-state index in [-0.39, 0.29) is 5.91 Å². The lowest BCUT2D eigenvalue weighted by Crippen LogP contribution is -2.13. The number of anilines is 1. The summed E-state index contributed by atoms with van der Waals surface area (Å²) >= 11 is 5.11. The van der Waals surface area contributed by atoms with Crippen LogP contribution >= 0.6 is 27.7 Å². The second-order valence-electron chi connectivity index (χ2n) is 3.86. The maximum atomic E-state index is 12.2. The molecule has 0 fully saturated rings. The Morgan fingerprint density at radius 2 is 1.84 bits per heavy atom. The zero-order chi connectivity index (χ0) is 13.7. The van der Waals surface area contributed by atoms with Crippen molar-refractivity contribution in [2.75, 3.05) is 11.1 Å². The number of hydrogen-bond donors (Lipinski definition) is 1. The minimum absolute atomic E-state index is 0.100. The summed E-state index contributed by atoms with van der Waals surface area (Å²) in [6.07, 6.45) is 0. The topological polar surface area (TPSA) is 29.1 Å². The fourth-order valence-electron chi connectivity index (χ4n) is 1.69. The summed E-state index contributed by atoms with van der Waals surface area (Å²) in [5.74, 6) is 0.874. The Morgan fingerprint density at radius 1 is 1.16 bits per heavy atom. The summed E-state index contributed by atoms with van der Waals surface area (Å²) in [5.41, 5.74) is 1.49. The lowest BCUT2D eigenvalue weighted by atomic mass is 10.2. The van der Waals surface area contributed by atoms with Gasteiger partial charge in [0.2, 0.25) is 0 Å². The monoisotopic (exact) mass is 335 g/mol. The Bertz CT molecular complexity index is 586. The van der Waals surface area contributed by atoms with Crippen LogP contribution in [0.4, 0.5) is 5.69 Å². The smallest absolute Gasteiger partial charge is 0.256 e. The van der Waals surface area contributed by atoms with Gasteiger partial charge in [-0.05, 0) is 45.9 Å². The van der Waals surface area contributed by atoms with Crippen LogP contribution in [0.3, 0.4) is 0 Å². The van der Waals surface area contributed by atoms with Crippen LogP contribution in [0, 0.1) is 0 Å². The molecule has 0 aliphatic rings. The third-order valence-electron chi connectivity index (χ3n) is 2.55. The normalized spacial score (nSPS) is 10.2. The van der Waals surface area contributed by atoms with Crippen molar-refractivity contribution in [3.05, 3.63) is 58.6 Å². The van der Waals surface area contributed by atoms with Crippen molar-refractivity contribution in [3.8, 4) is 0 Å². The Labute approximate surface area is 125 Å². The van der Waals surface area contributed by atoms with E-state index in [0.29, 0.717) is 5.56 Å². The van der Waals surface area contributed by atoms with Gasteiger partial charge < -0.3 is 5.32 Å². The molecule has 2 aromatic rings. The van der Waals surface area contributed by atoms with E-state index in [4.69, 9.17) is 0 Å². The first-order valence-corrected chi connectivity index (χ1v) is 7.78. The summed E-state index contributed by atoms with van der Waals surface area (Å²) < 4.78 is 0.799. The first-order chi connectivity index (χ1) is 9.22. The molecule has 0 spiro atoms. The SMILES string of the molecule is CCSc1ccccc1NC(=O)c1ccccc1Br. The van der Waals surface area contributed by atoms with Crippen molar-refractivity contribution in [3.63, 3.8) is 0 Å². The number of nitrogens with one attached hydrogen (secondary N) is 1. The average Bonchev–Trinajstić information content (AvgIpc) is 2.41. The van der Waals surface area contributed by atoms with Crippen LogP contribution in [0.2, 0.25) is 0 Å².